The van der Waals surface area contributed by atoms with Crippen LogP contribution in [-0.2, 0) is 4.74 Å². The fourth-order valence-corrected chi connectivity index (χ4v) is 2.47. The minimum atomic E-state index is -4.82. The van der Waals surface area contributed by atoms with Crippen molar-refractivity contribution in [3.05, 3.63) is 54.1 Å². The van der Waals surface area contributed by atoms with E-state index in [1.165, 1.54) is 24.3 Å². The minimum absolute atomic E-state index is 0.173. The average molecular weight is 366 g/mol. The van der Waals surface area contributed by atoms with Crippen molar-refractivity contribution in [1.82, 2.24) is 0 Å². The summed E-state index contributed by atoms with van der Waals surface area (Å²) in [6, 6.07) is 12.1. The number of carbonyl (C=O) groups excluding carboxylic acids is 1. The third-order valence-electron chi connectivity index (χ3n) is 4.38. The molecule has 2 rings (SSSR count). The maximum absolute atomic E-state index is 12.7. The number of alkyl halides is 3. The topological polar surface area (TPSA) is 35.5 Å². The Labute approximate surface area is 150 Å². The Balaban J connectivity index is 2.46. The Bertz CT molecular complexity index is 765. The van der Waals surface area contributed by atoms with Crippen LogP contribution in [0.4, 0.5) is 13.2 Å². The summed E-state index contributed by atoms with van der Waals surface area (Å²) < 4.78 is 47.8. The summed E-state index contributed by atoms with van der Waals surface area (Å²) in [5.41, 5.74) is 0.0597. The highest BCUT2D eigenvalue weighted by atomic mass is 19.4. The van der Waals surface area contributed by atoms with Gasteiger partial charge in [-0.3, -0.25) is 0 Å². The van der Waals surface area contributed by atoms with Crippen LogP contribution in [0, 0.1) is 0 Å². The van der Waals surface area contributed by atoms with E-state index in [1.54, 1.807) is 24.3 Å². The number of esters is 1. The molecule has 0 aliphatic rings. The van der Waals surface area contributed by atoms with Crippen LogP contribution < -0.4 is 4.74 Å². The predicted octanol–water partition coefficient (Wildman–Crippen LogP) is 5.99. The lowest BCUT2D eigenvalue weighted by atomic mass is 9.97. The Hall–Kier alpha value is -2.50. The van der Waals surface area contributed by atoms with Crippen LogP contribution >= 0.6 is 0 Å². The molecule has 0 aromatic heterocycles. The zero-order chi connectivity index (χ0) is 19.4. The monoisotopic (exact) mass is 366 g/mol. The molecular weight excluding hydrogens is 345 g/mol. The summed E-state index contributed by atoms with van der Waals surface area (Å²) in [5, 5.41) is 0. The van der Waals surface area contributed by atoms with Crippen LogP contribution in [0.3, 0.4) is 0 Å². The molecule has 0 saturated carbocycles. The Kier molecular flexibility index (Phi) is 5.95. The quantitative estimate of drug-likeness (QED) is 0.589. The number of hydrogen-bond donors (Lipinski definition) is 0. The second-order valence-corrected chi connectivity index (χ2v) is 6.14. The summed E-state index contributed by atoms with van der Waals surface area (Å²) in [6.07, 6.45) is -3.56. The van der Waals surface area contributed by atoms with Gasteiger partial charge in [-0.25, -0.2) is 4.79 Å². The van der Waals surface area contributed by atoms with E-state index >= 15 is 0 Å². The van der Waals surface area contributed by atoms with Crippen molar-refractivity contribution in [2.45, 2.75) is 45.6 Å². The van der Waals surface area contributed by atoms with E-state index in [-0.39, 0.29) is 16.9 Å². The maximum Gasteiger partial charge on any atom is 0.573 e. The molecule has 0 radical (unpaired) electrons. The Morgan fingerprint density at radius 1 is 0.923 bits per heavy atom. The predicted molar refractivity (Wildman–Crippen MR) is 93.0 cm³/mol. The van der Waals surface area contributed by atoms with Gasteiger partial charge in [0.05, 0.1) is 5.56 Å². The lowest BCUT2D eigenvalue weighted by Gasteiger charge is -2.27. The van der Waals surface area contributed by atoms with Crippen LogP contribution in [0.5, 0.6) is 5.75 Å². The molecule has 2 aromatic rings. The van der Waals surface area contributed by atoms with Gasteiger partial charge in [0.25, 0.3) is 0 Å². The molecule has 0 bridgehead atoms. The molecule has 0 unspecified atom stereocenters. The zero-order valence-corrected chi connectivity index (χ0v) is 14.9. The number of halogens is 3. The molecule has 140 valence electrons. The highest BCUT2D eigenvalue weighted by molar-refractivity contribution is 5.98. The van der Waals surface area contributed by atoms with Crippen LogP contribution in [-0.4, -0.2) is 17.9 Å². The second-order valence-electron chi connectivity index (χ2n) is 6.14. The zero-order valence-electron chi connectivity index (χ0n) is 14.9. The Morgan fingerprint density at radius 2 is 1.46 bits per heavy atom. The number of carbonyl (C=O) groups is 1. The second kappa shape index (κ2) is 7.81. The number of hydrogen-bond acceptors (Lipinski definition) is 3. The lowest BCUT2D eigenvalue weighted by molar-refractivity contribution is -0.274. The molecule has 0 atom stereocenters. The minimum Gasteiger partial charge on any atom is -0.456 e. The van der Waals surface area contributed by atoms with E-state index in [1.807, 2.05) is 20.8 Å². The van der Waals surface area contributed by atoms with Crippen molar-refractivity contribution >= 4 is 5.97 Å². The summed E-state index contributed by atoms with van der Waals surface area (Å²) in [6.45, 7) is 5.65. The van der Waals surface area contributed by atoms with Crippen molar-refractivity contribution in [2.75, 3.05) is 0 Å². The number of rotatable bonds is 6. The molecule has 26 heavy (non-hydrogen) atoms. The van der Waals surface area contributed by atoms with Gasteiger partial charge in [-0.2, -0.15) is 0 Å². The first kappa shape index (κ1) is 19.8. The van der Waals surface area contributed by atoms with E-state index in [4.69, 9.17) is 4.74 Å². The molecule has 0 spiro atoms. The smallest absolute Gasteiger partial charge is 0.456 e. The molecule has 0 saturated heterocycles. The first-order chi connectivity index (χ1) is 12.2. The van der Waals surface area contributed by atoms with Gasteiger partial charge in [-0.05, 0) is 37.5 Å². The fraction of sp³-hybridized carbons (Fsp3) is 0.350. The number of ether oxygens (including phenoxy) is 2. The van der Waals surface area contributed by atoms with E-state index in [2.05, 4.69) is 4.74 Å². The third kappa shape index (κ3) is 4.77. The molecule has 0 fully saturated rings. The first-order valence-corrected chi connectivity index (χ1v) is 8.36. The summed E-state index contributed by atoms with van der Waals surface area (Å²) in [7, 11) is 0. The standard InChI is InChI=1S/C20H21F3O3/c1-4-19(3,5-2)26-18(24)16-12-7-6-10-14(16)15-11-8-9-13-17(15)25-20(21,22)23/h6-13H,4-5H2,1-3H3. The van der Waals surface area contributed by atoms with E-state index in [9.17, 15) is 18.0 Å². The van der Waals surface area contributed by atoms with Crippen molar-refractivity contribution in [3.63, 3.8) is 0 Å². The van der Waals surface area contributed by atoms with Gasteiger partial charge in [0.2, 0.25) is 0 Å². The summed E-state index contributed by atoms with van der Waals surface area (Å²) >= 11 is 0. The molecule has 0 amide bonds. The SMILES string of the molecule is CCC(C)(CC)OC(=O)c1ccccc1-c1ccccc1OC(F)(F)F. The summed E-state index contributed by atoms with van der Waals surface area (Å²) in [5.74, 6) is -0.942. The van der Waals surface area contributed by atoms with Gasteiger partial charge < -0.3 is 9.47 Å². The van der Waals surface area contributed by atoms with Gasteiger partial charge in [0.1, 0.15) is 11.4 Å². The molecule has 0 aliphatic carbocycles. The third-order valence-corrected chi connectivity index (χ3v) is 4.38. The van der Waals surface area contributed by atoms with Gasteiger partial charge in [0.15, 0.2) is 0 Å². The molecule has 6 heteroatoms. The van der Waals surface area contributed by atoms with Crippen molar-refractivity contribution in [3.8, 4) is 16.9 Å². The highest BCUT2D eigenvalue weighted by Crippen LogP contribution is 2.36. The molecule has 2 aromatic carbocycles. The maximum atomic E-state index is 12.7. The van der Waals surface area contributed by atoms with Crippen LogP contribution in [0.15, 0.2) is 48.5 Å². The van der Waals surface area contributed by atoms with Gasteiger partial charge >= 0.3 is 12.3 Å². The van der Waals surface area contributed by atoms with Crippen molar-refractivity contribution in [1.29, 1.82) is 0 Å². The van der Waals surface area contributed by atoms with Crippen LogP contribution in [0.1, 0.15) is 44.0 Å². The summed E-state index contributed by atoms with van der Waals surface area (Å²) in [4.78, 5) is 12.7. The number of benzene rings is 2. The normalized spacial score (nSPS) is 11.9. The molecular formula is C20H21F3O3. The van der Waals surface area contributed by atoms with Crippen LogP contribution in [0.2, 0.25) is 0 Å². The molecule has 0 heterocycles. The van der Waals surface area contributed by atoms with E-state index in [0.717, 1.165) is 0 Å². The molecule has 0 N–H and O–H groups in total. The highest BCUT2D eigenvalue weighted by Gasteiger charge is 2.33. The van der Waals surface area contributed by atoms with Crippen molar-refractivity contribution in [2.24, 2.45) is 0 Å². The van der Waals surface area contributed by atoms with Gasteiger partial charge in [0, 0.05) is 5.56 Å². The van der Waals surface area contributed by atoms with E-state index < -0.39 is 17.9 Å². The molecule has 0 aliphatic heterocycles. The van der Waals surface area contributed by atoms with Gasteiger partial charge in [-0.1, -0.05) is 50.2 Å². The van der Waals surface area contributed by atoms with Crippen molar-refractivity contribution < 1.29 is 27.4 Å². The fourth-order valence-electron chi connectivity index (χ4n) is 2.47. The first-order valence-electron chi connectivity index (χ1n) is 8.36. The van der Waals surface area contributed by atoms with Gasteiger partial charge in [-0.15, -0.1) is 13.2 Å². The Morgan fingerprint density at radius 3 is 2.04 bits per heavy atom. The largest absolute Gasteiger partial charge is 0.573 e. The average Bonchev–Trinajstić information content (AvgIpc) is 2.60. The number of para-hydroxylation sites is 1. The molecule has 3 nitrogen and oxygen atoms in total. The van der Waals surface area contributed by atoms with E-state index in [0.29, 0.717) is 18.4 Å². The van der Waals surface area contributed by atoms with Crippen LogP contribution in [0.25, 0.3) is 11.1 Å². The lowest BCUT2D eigenvalue weighted by Crippen LogP contribution is -2.30.